The fourth-order valence-electron chi connectivity index (χ4n) is 4.87. The van der Waals surface area contributed by atoms with E-state index in [0.29, 0.717) is 17.5 Å². The SMILES string of the molecule is C=C/C=C(\C=C)c1nc(-c2ccccc2)nc(-c2ccc(-c3ccc(-c4cc5ccccc5nc4C)cc3)cc2)n1. The molecule has 0 unspecified atom stereocenters. The van der Waals surface area contributed by atoms with Gasteiger partial charge < -0.3 is 0 Å². The molecule has 6 aromatic rings. The summed E-state index contributed by atoms with van der Waals surface area (Å²) in [5.74, 6) is 1.77. The van der Waals surface area contributed by atoms with Crippen molar-refractivity contribution in [1.29, 1.82) is 0 Å². The van der Waals surface area contributed by atoms with Crippen molar-refractivity contribution in [2.45, 2.75) is 6.92 Å². The summed E-state index contributed by atoms with van der Waals surface area (Å²) in [6.45, 7) is 9.81. The van der Waals surface area contributed by atoms with Gasteiger partial charge in [0.05, 0.1) is 5.52 Å². The van der Waals surface area contributed by atoms with Gasteiger partial charge in [0, 0.05) is 33.3 Å². The number of nitrogens with zero attached hydrogens (tertiary/aromatic N) is 4. The maximum absolute atomic E-state index is 4.81. The van der Waals surface area contributed by atoms with Crippen molar-refractivity contribution in [1.82, 2.24) is 19.9 Å². The molecule has 6 rings (SSSR count). The molecule has 0 radical (unpaired) electrons. The first-order valence-electron chi connectivity index (χ1n) is 13.5. The molecule has 0 aliphatic rings. The van der Waals surface area contributed by atoms with Crippen LogP contribution in [0, 0.1) is 6.92 Å². The maximum Gasteiger partial charge on any atom is 0.164 e. The van der Waals surface area contributed by atoms with E-state index < -0.39 is 0 Å². The molecule has 0 N–H and O–H groups in total. The highest BCUT2D eigenvalue weighted by molar-refractivity contribution is 5.85. The second-order valence-corrected chi connectivity index (χ2v) is 9.70. The summed E-state index contributed by atoms with van der Waals surface area (Å²) >= 11 is 0. The lowest BCUT2D eigenvalue weighted by Crippen LogP contribution is -2.02. The molecule has 0 fully saturated rings. The van der Waals surface area contributed by atoms with Gasteiger partial charge in [-0.15, -0.1) is 0 Å². The summed E-state index contributed by atoms with van der Waals surface area (Å²) in [6.07, 6.45) is 5.29. The number of aromatic nitrogens is 4. The van der Waals surface area contributed by atoms with Crippen LogP contribution in [0.4, 0.5) is 0 Å². The summed E-state index contributed by atoms with van der Waals surface area (Å²) in [5.41, 5.74) is 9.21. The molecule has 0 saturated heterocycles. The smallest absolute Gasteiger partial charge is 0.164 e. The average molecular weight is 529 g/mol. The summed E-state index contributed by atoms with van der Waals surface area (Å²) in [6, 6.07) is 37.3. The van der Waals surface area contributed by atoms with Crippen LogP contribution in [0.25, 0.3) is 61.5 Å². The van der Waals surface area contributed by atoms with Crippen molar-refractivity contribution in [3.63, 3.8) is 0 Å². The fourth-order valence-corrected chi connectivity index (χ4v) is 4.87. The topological polar surface area (TPSA) is 51.6 Å². The number of allylic oxidation sites excluding steroid dienone is 4. The molecule has 4 heteroatoms. The zero-order valence-corrected chi connectivity index (χ0v) is 22.8. The zero-order valence-electron chi connectivity index (χ0n) is 22.8. The van der Waals surface area contributed by atoms with E-state index in [4.69, 9.17) is 19.9 Å². The Labute approximate surface area is 240 Å². The van der Waals surface area contributed by atoms with Gasteiger partial charge in [0.15, 0.2) is 17.5 Å². The highest BCUT2D eigenvalue weighted by atomic mass is 15.0. The Bertz CT molecular complexity index is 1900. The van der Waals surface area contributed by atoms with Crippen molar-refractivity contribution in [2.24, 2.45) is 0 Å². The number of aryl methyl sites for hydroxylation is 1. The Morgan fingerprint density at radius 3 is 1.78 bits per heavy atom. The first-order chi connectivity index (χ1) is 20.1. The third kappa shape index (κ3) is 5.36. The van der Waals surface area contributed by atoms with Crippen LogP contribution < -0.4 is 0 Å². The number of fused-ring (bicyclic) bond motifs is 1. The van der Waals surface area contributed by atoms with Crippen LogP contribution in [0.3, 0.4) is 0 Å². The van der Waals surface area contributed by atoms with Gasteiger partial charge >= 0.3 is 0 Å². The number of pyridine rings is 1. The van der Waals surface area contributed by atoms with E-state index in [-0.39, 0.29) is 0 Å². The van der Waals surface area contributed by atoms with Gasteiger partial charge in [0.1, 0.15) is 0 Å². The Kier molecular flexibility index (Phi) is 7.12. The first-order valence-corrected chi connectivity index (χ1v) is 13.5. The lowest BCUT2D eigenvalue weighted by atomic mass is 9.98. The lowest BCUT2D eigenvalue weighted by Gasteiger charge is -2.10. The minimum atomic E-state index is 0.557. The second kappa shape index (κ2) is 11.3. The summed E-state index contributed by atoms with van der Waals surface area (Å²) in [7, 11) is 0. The van der Waals surface area contributed by atoms with E-state index in [1.54, 1.807) is 12.2 Å². The van der Waals surface area contributed by atoms with Crippen LogP contribution in [0.2, 0.25) is 0 Å². The molecule has 196 valence electrons. The van der Waals surface area contributed by atoms with Crippen molar-refractivity contribution in [3.8, 4) is 45.0 Å². The standard InChI is InChI=1S/C37H28N4/c1-4-11-26(5-2)35-39-36(30-12-7-6-8-13-30)41-37(40-35)31-22-18-28(19-23-31)27-16-20-29(21-17-27)33-24-32-14-9-10-15-34(32)38-25(33)3/h4-24H,1-2H2,3H3/b26-11+. The molecule has 0 aliphatic carbocycles. The molecule has 4 nitrogen and oxygen atoms in total. The molecule has 41 heavy (non-hydrogen) atoms. The molecule has 0 aliphatic heterocycles. The third-order valence-electron chi connectivity index (χ3n) is 7.03. The van der Waals surface area contributed by atoms with Crippen LogP contribution in [-0.4, -0.2) is 19.9 Å². The van der Waals surface area contributed by atoms with Crippen LogP contribution in [0.1, 0.15) is 11.5 Å². The minimum Gasteiger partial charge on any atom is -0.252 e. The van der Waals surface area contributed by atoms with Gasteiger partial charge in [0.25, 0.3) is 0 Å². The first kappa shape index (κ1) is 25.8. The van der Waals surface area contributed by atoms with Gasteiger partial charge in [-0.05, 0) is 35.7 Å². The van der Waals surface area contributed by atoms with Crippen LogP contribution in [-0.2, 0) is 0 Å². The molecule has 0 saturated carbocycles. The molecule has 2 heterocycles. The number of benzene rings is 4. The van der Waals surface area contributed by atoms with E-state index in [1.807, 2.05) is 48.5 Å². The largest absolute Gasteiger partial charge is 0.252 e. The summed E-state index contributed by atoms with van der Waals surface area (Å²) in [4.78, 5) is 19.1. The van der Waals surface area contributed by atoms with Crippen molar-refractivity contribution in [3.05, 3.63) is 152 Å². The van der Waals surface area contributed by atoms with Crippen LogP contribution in [0.15, 0.2) is 141 Å². The van der Waals surface area contributed by atoms with E-state index in [2.05, 4.69) is 86.8 Å². The van der Waals surface area contributed by atoms with E-state index >= 15 is 0 Å². The lowest BCUT2D eigenvalue weighted by molar-refractivity contribution is 1.04. The van der Waals surface area contributed by atoms with Crippen LogP contribution >= 0.6 is 0 Å². The van der Waals surface area contributed by atoms with E-state index in [0.717, 1.165) is 55.6 Å². The Morgan fingerprint density at radius 1 is 0.585 bits per heavy atom. The fraction of sp³-hybridized carbons (Fsp3) is 0.0270. The Hall–Kier alpha value is -5.48. The molecule has 0 amide bonds. The van der Waals surface area contributed by atoms with E-state index in [1.165, 1.54) is 0 Å². The number of hydrogen-bond acceptors (Lipinski definition) is 4. The predicted octanol–water partition coefficient (Wildman–Crippen LogP) is 9.15. The number of para-hydroxylation sites is 1. The monoisotopic (exact) mass is 528 g/mol. The maximum atomic E-state index is 4.81. The van der Waals surface area contributed by atoms with Crippen molar-refractivity contribution in [2.75, 3.05) is 0 Å². The average Bonchev–Trinajstić information content (AvgIpc) is 3.03. The van der Waals surface area contributed by atoms with Gasteiger partial charge in [-0.2, -0.15) is 0 Å². The molecule has 4 aromatic carbocycles. The number of hydrogen-bond donors (Lipinski definition) is 0. The Balaban J connectivity index is 1.32. The number of rotatable bonds is 7. The summed E-state index contributed by atoms with van der Waals surface area (Å²) < 4.78 is 0. The highest BCUT2D eigenvalue weighted by Crippen LogP contribution is 2.30. The van der Waals surface area contributed by atoms with Crippen molar-refractivity contribution < 1.29 is 0 Å². The minimum absolute atomic E-state index is 0.557. The van der Waals surface area contributed by atoms with Crippen LogP contribution in [0.5, 0.6) is 0 Å². The molecule has 0 spiro atoms. The molecule has 0 bridgehead atoms. The van der Waals surface area contributed by atoms with Gasteiger partial charge in [0.2, 0.25) is 0 Å². The van der Waals surface area contributed by atoms with Gasteiger partial charge in [-0.25, -0.2) is 15.0 Å². The van der Waals surface area contributed by atoms with Gasteiger partial charge in [-0.3, -0.25) is 4.98 Å². The molecule has 0 atom stereocenters. The predicted molar refractivity (Wildman–Crippen MR) is 170 cm³/mol. The summed E-state index contributed by atoms with van der Waals surface area (Å²) in [5, 5.41) is 1.14. The van der Waals surface area contributed by atoms with E-state index in [9.17, 15) is 0 Å². The normalized spacial score (nSPS) is 11.4. The molecular formula is C37H28N4. The van der Waals surface area contributed by atoms with Crippen molar-refractivity contribution >= 4 is 16.5 Å². The highest BCUT2D eigenvalue weighted by Gasteiger charge is 2.13. The second-order valence-electron chi connectivity index (χ2n) is 9.70. The molecular weight excluding hydrogens is 500 g/mol. The third-order valence-corrected chi connectivity index (χ3v) is 7.03. The zero-order chi connectivity index (χ0) is 28.2. The quantitative estimate of drug-likeness (QED) is 0.194. The van der Waals surface area contributed by atoms with Gasteiger partial charge in [-0.1, -0.05) is 128 Å². The Morgan fingerprint density at radius 2 is 1.15 bits per heavy atom. The molecule has 2 aromatic heterocycles.